The van der Waals surface area contributed by atoms with Crippen LogP contribution in [0.15, 0.2) is 5.38 Å². The van der Waals surface area contributed by atoms with Gasteiger partial charge in [-0.05, 0) is 25.7 Å². The van der Waals surface area contributed by atoms with Crippen LogP contribution < -0.4 is 5.32 Å². The number of rotatable bonds is 4. The molecule has 0 aromatic carbocycles. The molecule has 88 valence electrons. The van der Waals surface area contributed by atoms with Gasteiger partial charge in [0.2, 0.25) is 0 Å². The van der Waals surface area contributed by atoms with Crippen LogP contribution in [0.5, 0.6) is 0 Å². The van der Waals surface area contributed by atoms with Gasteiger partial charge in [0.05, 0.1) is 11.6 Å². The van der Waals surface area contributed by atoms with Crippen molar-refractivity contribution < 1.29 is 9.90 Å². The van der Waals surface area contributed by atoms with Crippen molar-refractivity contribution >= 4 is 22.4 Å². The Morgan fingerprint density at radius 2 is 2.50 bits per heavy atom. The summed E-state index contributed by atoms with van der Waals surface area (Å²) in [4.78, 5) is 15.2. The number of carbonyl (C=O) groups is 1. The fourth-order valence-electron chi connectivity index (χ4n) is 2.05. The van der Waals surface area contributed by atoms with Crippen LogP contribution in [-0.2, 0) is 11.2 Å². The quantitative estimate of drug-likeness (QED) is 0.848. The molecule has 1 fully saturated rings. The highest BCUT2D eigenvalue weighted by molar-refractivity contribution is 7.13. The van der Waals surface area contributed by atoms with Gasteiger partial charge >= 0.3 is 5.97 Å². The predicted octanol–water partition coefficient (Wildman–Crippen LogP) is 2.37. The first-order chi connectivity index (χ1) is 7.69. The van der Waals surface area contributed by atoms with Crippen molar-refractivity contribution in [2.45, 2.75) is 38.6 Å². The topological polar surface area (TPSA) is 62.2 Å². The third-order valence-corrected chi connectivity index (χ3v) is 3.85. The van der Waals surface area contributed by atoms with E-state index in [0.29, 0.717) is 0 Å². The molecule has 2 unspecified atom stereocenters. The first-order valence-corrected chi connectivity index (χ1v) is 6.50. The van der Waals surface area contributed by atoms with Gasteiger partial charge in [-0.3, -0.25) is 4.79 Å². The average molecular weight is 240 g/mol. The van der Waals surface area contributed by atoms with Crippen molar-refractivity contribution in [3.63, 3.8) is 0 Å². The third kappa shape index (κ3) is 2.52. The fraction of sp³-hybridized carbons (Fsp3) is 0.636. The zero-order chi connectivity index (χ0) is 11.5. The molecule has 1 saturated carbocycles. The van der Waals surface area contributed by atoms with E-state index in [1.54, 1.807) is 11.3 Å². The maximum absolute atomic E-state index is 10.8. The summed E-state index contributed by atoms with van der Waals surface area (Å²) in [5, 5.41) is 15.2. The van der Waals surface area contributed by atoms with Gasteiger partial charge < -0.3 is 10.4 Å². The number of carboxylic acid groups (broad SMARTS) is 1. The number of anilines is 1. The Morgan fingerprint density at radius 3 is 3.06 bits per heavy atom. The van der Waals surface area contributed by atoms with Crippen molar-refractivity contribution in [2.75, 3.05) is 5.32 Å². The van der Waals surface area contributed by atoms with Crippen molar-refractivity contribution in [1.82, 2.24) is 4.98 Å². The normalized spacial score (nSPS) is 24.6. The van der Waals surface area contributed by atoms with Crippen LogP contribution in [0.2, 0.25) is 0 Å². The van der Waals surface area contributed by atoms with E-state index in [9.17, 15) is 4.79 Å². The lowest BCUT2D eigenvalue weighted by molar-refractivity contribution is -0.141. The number of nitrogens with one attached hydrogen (secondary N) is 1. The highest BCUT2D eigenvalue weighted by Crippen LogP contribution is 2.29. The molecule has 2 N–H and O–H groups in total. The van der Waals surface area contributed by atoms with Gasteiger partial charge in [0.1, 0.15) is 0 Å². The van der Waals surface area contributed by atoms with Crippen molar-refractivity contribution in [1.29, 1.82) is 0 Å². The number of nitrogens with zero attached hydrogens (tertiary/aromatic N) is 1. The molecule has 0 radical (unpaired) electrons. The van der Waals surface area contributed by atoms with Gasteiger partial charge in [-0.1, -0.05) is 6.92 Å². The number of hydrogen-bond acceptors (Lipinski definition) is 4. The lowest BCUT2D eigenvalue weighted by Crippen LogP contribution is -2.17. The number of aliphatic carboxylic acids is 1. The van der Waals surface area contributed by atoms with Crippen LogP contribution in [0.4, 0.5) is 5.13 Å². The Morgan fingerprint density at radius 1 is 1.69 bits per heavy atom. The zero-order valence-electron chi connectivity index (χ0n) is 9.27. The van der Waals surface area contributed by atoms with Crippen LogP contribution in [-0.4, -0.2) is 22.1 Å². The van der Waals surface area contributed by atoms with E-state index in [2.05, 4.69) is 17.2 Å². The van der Waals surface area contributed by atoms with E-state index in [-0.39, 0.29) is 12.0 Å². The molecule has 0 aliphatic heterocycles. The van der Waals surface area contributed by atoms with Crippen LogP contribution >= 0.6 is 11.3 Å². The second kappa shape index (κ2) is 4.82. The zero-order valence-corrected chi connectivity index (χ0v) is 10.1. The van der Waals surface area contributed by atoms with Crippen molar-refractivity contribution in [3.8, 4) is 0 Å². The van der Waals surface area contributed by atoms with E-state index >= 15 is 0 Å². The first kappa shape index (κ1) is 11.4. The van der Waals surface area contributed by atoms with Crippen LogP contribution in [0.25, 0.3) is 0 Å². The minimum atomic E-state index is -0.669. The summed E-state index contributed by atoms with van der Waals surface area (Å²) in [6.45, 7) is 2.08. The molecule has 1 aromatic heterocycles. The van der Waals surface area contributed by atoms with E-state index < -0.39 is 5.97 Å². The summed E-state index contributed by atoms with van der Waals surface area (Å²) in [7, 11) is 0. The van der Waals surface area contributed by atoms with Gasteiger partial charge in [0.25, 0.3) is 0 Å². The molecular weight excluding hydrogens is 224 g/mol. The molecule has 0 bridgehead atoms. The van der Waals surface area contributed by atoms with Crippen LogP contribution in [0.1, 0.15) is 31.9 Å². The molecule has 1 aromatic rings. The van der Waals surface area contributed by atoms with Gasteiger partial charge in [-0.25, -0.2) is 4.98 Å². The molecule has 0 saturated heterocycles. The lowest BCUT2D eigenvalue weighted by atomic mass is 10.1. The molecule has 5 heteroatoms. The van der Waals surface area contributed by atoms with E-state index in [1.165, 1.54) is 0 Å². The Hall–Kier alpha value is -1.10. The molecule has 2 atom stereocenters. The molecule has 2 rings (SSSR count). The second-order valence-electron chi connectivity index (χ2n) is 4.19. The minimum absolute atomic E-state index is 0.178. The highest BCUT2D eigenvalue weighted by Gasteiger charge is 2.29. The monoisotopic (exact) mass is 240 g/mol. The Kier molecular flexibility index (Phi) is 3.43. The van der Waals surface area contributed by atoms with Crippen LogP contribution in [0, 0.1) is 5.92 Å². The second-order valence-corrected chi connectivity index (χ2v) is 5.05. The summed E-state index contributed by atoms with van der Waals surface area (Å²) >= 11 is 1.60. The van der Waals surface area contributed by atoms with Gasteiger partial charge in [-0.2, -0.15) is 0 Å². The molecule has 0 spiro atoms. The number of hydrogen-bond donors (Lipinski definition) is 2. The van der Waals surface area contributed by atoms with Gasteiger partial charge in [-0.15, -0.1) is 11.3 Å². The summed E-state index contributed by atoms with van der Waals surface area (Å²) < 4.78 is 0. The van der Waals surface area contributed by atoms with Crippen LogP contribution in [0.3, 0.4) is 0 Å². The maximum Gasteiger partial charge on any atom is 0.306 e. The standard InChI is InChI=1S/C11H16N2O2S/c1-2-8-6-16-11(12-8)13-9-4-3-7(5-9)10(14)15/h6-7,9H,2-5H2,1H3,(H,12,13)(H,14,15). The number of carboxylic acids is 1. The Bertz CT molecular complexity index is 378. The summed E-state index contributed by atoms with van der Waals surface area (Å²) in [5.74, 6) is -0.846. The number of aryl methyl sites for hydroxylation is 1. The molecule has 0 amide bonds. The van der Waals surface area contributed by atoms with Gasteiger partial charge in [0, 0.05) is 11.4 Å². The largest absolute Gasteiger partial charge is 0.481 e. The number of thiazole rings is 1. The molecule has 16 heavy (non-hydrogen) atoms. The van der Waals surface area contributed by atoms with Crippen molar-refractivity contribution in [3.05, 3.63) is 11.1 Å². The number of aromatic nitrogens is 1. The fourth-order valence-corrected chi connectivity index (χ4v) is 2.92. The highest BCUT2D eigenvalue weighted by atomic mass is 32.1. The maximum atomic E-state index is 10.8. The molecule has 1 aliphatic rings. The molecule has 1 heterocycles. The Labute approximate surface area is 98.7 Å². The smallest absolute Gasteiger partial charge is 0.306 e. The van der Waals surface area contributed by atoms with Crippen molar-refractivity contribution in [2.24, 2.45) is 5.92 Å². The third-order valence-electron chi connectivity index (χ3n) is 3.02. The van der Waals surface area contributed by atoms with E-state index in [4.69, 9.17) is 5.11 Å². The van der Waals surface area contributed by atoms with E-state index in [1.807, 2.05) is 5.38 Å². The summed E-state index contributed by atoms with van der Waals surface area (Å²) in [6.07, 6.45) is 3.37. The lowest BCUT2D eigenvalue weighted by Gasteiger charge is -2.10. The molecule has 4 nitrogen and oxygen atoms in total. The van der Waals surface area contributed by atoms with Gasteiger partial charge in [0.15, 0.2) is 5.13 Å². The molecular formula is C11H16N2O2S. The minimum Gasteiger partial charge on any atom is -0.481 e. The molecule has 1 aliphatic carbocycles. The summed E-state index contributed by atoms with van der Waals surface area (Å²) in [5.41, 5.74) is 1.10. The van der Waals surface area contributed by atoms with E-state index in [0.717, 1.165) is 36.5 Å². The summed E-state index contributed by atoms with van der Waals surface area (Å²) in [6, 6.07) is 0.275. The average Bonchev–Trinajstić information content (AvgIpc) is 2.87. The Balaban J connectivity index is 1.89. The first-order valence-electron chi connectivity index (χ1n) is 5.62. The SMILES string of the molecule is CCc1csc(NC2CCC(C(=O)O)C2)n1. The predicted molar refractivity (Wildman–Crippen MR) is 63.9 cm³/mol.